The first kappa shape index (κ1) is 18.7. The highest BCUT2D eigenvalue weighted by atomic mass is 35.5. The first-order chi connectivity index (χ1) is 12.1. The molecule has 3 heterocycles. The topological polar surface area (TPSA) is 51.5 Å². The van der Waals surface area contributed by atoms with Crippen molar-refractivity contribution >= 4 is 18.4 Å². The summed E-state index contributed by atoms with van der Waals surface area (Å²) in [5.74, 6) is 0.617. The normalized spacial score (nSPS) is 21.4. The second-order valence-electron chi connectivity index (χ2n) is 7.08. The average molecular weight is 375 g/mol. The van der Waals surface area contributed by atoms with Crippen molar-refractivity contribution in [3.8, 4) is 0 Å². The molecule has 0 spiro atoms. The van der Waals surface area contributed by atoms with Crippen molar-refractivity contribution in [2.75, 3.05) is 20.2 Å². The maximum atomic E-state index is 12.1. The molecule has 0 aliphatic carbocycles. The number of carbonyl (C=O) groups is 1. The number of hydrogen-bond donors (Lipinski definition) is 0. The van der Waals surface area contributed by atoms with Gasteiger partial charge in [0, 0.05) is 43.9 Å². The van der Waals surface area contributed by atoms with E-state index in [0.717, 1.165) is 43.9 Å². The van der Waals surface area contributed by atoms with Crippen molar-refractivity contribution in [1.82, 2.24) is 9.47 Å². The molecule has 0 N–H and O–H groups in total. The molecule has 1 aromatic heterocycles. The summed E-state index contributed by atoms with van der Waals surface area (Å²) in [6.45, 7) is 3.56. The van der Waals surface area contributed by atoms with Gasteiger partial charge in [-0.2, -0.15) is 0 Å². The van der Waals surface area contributed by atoms with E-state index in [0.29, 0.717) is 17.4 Å². The number of esters is 1. The van der Waals surface area contributed by atoms with Crippen LogP contribution in [0.15, 0.2) is 47.3 Å². The van der Waals surface area contributed by atoms with Gasteiger partial charge in [-0.05, 0) is 36.1 Å². The molecule has 5 nitrogen and oxygen atoms in total. The molecule has 0 saturated carbocycles. The summed E-state index contributed by atoms with van der Waals surface area (Å²) < 4.78 is 6.76. The Morgan fingerprint density at radius 2 is 1.96 bits per heavy atom. The van der Waals surface area contributed by atoms with Crippen LogP contribution in [0.1, 0.15) is 34.0 Å². The highest BCUT2D eigenvalue weighted by molar-refractivity contribution is 5.89. The lowest BCUT2D eigenvalue weighted by atomic mass is 9.83. The maximum absolute atomic E-state index is 12.1. The van der Waals surface area contributed by atoms with Gasteiger partial charge in [-0.25, -0.2) is 4.79 Å². The number of hydrogen-bond acceptors (Lipinski definition) is 4. The second-order valence-corrected chi connectivity index (χ2v) is 7.08. The van der Waals surface area contributed by atoms with E-state index in [4.69, 9.17) is 4.74 Å². The average Bonchev–Trinajstić information content (AvgIpc) is 2.62. The fourth-order valence-corrected chi connectivity index (χ4v) is 4.30. The summed E-state index contributed by atoms with van der Waals surface area (Å²) in [6.07, 6.45) is 1.15. The minimum atomic E-state index is -0.300. The highest BCUT2D eigenvalue weighted by Gasteiger charge is 2.34. The molecule has 2 bridgehead atoms. The molecule has 1 aromatic carbocycles. The van der Waals surface area contributed by atoms with E-state index in [2.05, 4.69) is 17.0 Å². The maximum Gasteiger partial charge on any atom is 0.337 e. The molecule has 138 valence electrons. The van der Waals surface area contributed by atoms with Crippen LogP contribution in [0, 0.1) is 5.92 Å². The largest absolute Gasteiger partial charge is 0.465 e. The third kappa shape index (κ3) is 3.55. The van der Waals surface area contributed by atoms with Gasteiger partial charge < -0.3 is 9.30 Å². The van der Waals surface area contributed by atoms with Gasteiger partial charge in [-0.15, -0.1) is 12.4 Å². The Balaban J connectivity index is 0.00000196. The van der Waals surface area contributed by atoms with Crippen LogP contribution in [0.5, 0.6) is 0 Å². The van der Waals surface area contributed by atoms with Gasteiger partial charge >= 0.3 is 5.97 Å². The number of halogens is 1. The fourth-order valence-electron chi connectivity index (χ4n) is 4.30. The van der Waals surface area contributed by atoms with E-state index in [9.17, 15) is 9.59 Å². The highest BCUT2D eigenvalue weighted by Crippen LogP contribution is 2.35. The van der Waals surface area contributed by atoms with Crippen LogP contribution in [0.3, 0.4) is 0 Å². The van der Waals surface area contributed by atoms with Crippen LogP contribution < -0.4 is 5.56 Å². The minimum absolute atomic E-state index is 0. The van der Waals surface area contributed by atoms with E-state index in [1.807, 2.05) is 22.8 Å². The summed E-state index contributed by atoms with van der Waals surface area (Å²) in [5.41, 5.74) is 2.99. The Kier molecular flexibility index (Phi) is 5.49. The first-order valence-electron chi connectivity index (χ1n) is 8.73. The SMILES string of the molecule is COC(=O)c1cccc(CN2C[C@@H]3C[C@@H](C2)c2cccc(=O)n2C3)c1.Cl. The molecule has 6 heteroatoms. The lowest BCUT2D eigenvalue weighted by Crippen LogP contribution is -2.46. The third-order valence-electron chi connectivity index (χ3n) is 5.31. The molecule has 2 atom stereocenters. The first-order valence-corrected chi connectivity index (χ1v) is 8.73. The zero-order valence-corrected chi connectivity index (χ0v) is 15.6. The molecule has 0 unspecified atom stereocenters. The standard InChI is InChI=1S/C20H22N2O3.ClH/c1-25-20(24)16-5-2-4-14(8-16)10-21-11-15-9-17(13-21)18-6-3-7-19(23)22(18)12-15;/h2-8,15,17H,9-13H2,1H3;1H/t15-,17-;/m0./s1. The Hall–Kier alpha value is -2.11. The zero-order valence-electron chi connectivity index (χ0n) is 14.8. The van der Waals surface area contributed by atoms with Gasteiger partial charge in [0.1, 0.15) is 0 Å². The van der Waals surface area contributed by atoms with Crippen molar-refractivity contribution in [3.05, 3.63) is 69.6 Å². The van der Waals surface area contributed by atoms with E-state index < -0.39 is 0 Å². The van der Waals surface area contributed by atoms with Crippen LogP contribution in [-0.4, -0.2) is 35.6 Å². The Morgan fingerprint density at radius 3 is 2.77 bits per heavy atom. The van der Waals surface area contributed by atoms with Gasteiger partial charge in [0.05, 0.1) is 12.7 Å². The molecule has 1 fully saturated rings. The summed E-state index contributed by atoms with van der Waals surface area (Å²) in [7, 11) is 1.40. The van der Waals surface area contributed by atoms with Crippen LogP contribution in [0.2, 0.25) is 0 Å². The number of likely N-dealkylation sites (tertiary alicyclic amines) is 1. The van der Waals surface area contributed by atoms with Gasteiger partial charge in [0.15, 0.2) is 0 Å². The molecule has 26 heavy (non-hydrogen) atoms. The van der Waals surface area contributed by atoms with Crippen molar-refractivity contribution in [2.45, 2.75) is 25.4 Å². The number of benzene rings is 1. The smallest absolute Gasteiger partial charge is 0.337 e. The minimum Gasteiger partial charge on any atom is -0.465 e. The number of aromatic nitrogens is 1. The zero-order chi connectivity index (χ0) is 17.4. The molecule has 0 amide bonds. The molecular formula is C20H23ClN2O3. The van der Waals surface area contributed by atoms with Gasteiger partial charge in [0.25, 0.3) is 5.56 Å². The molecule has 1 saturated heterocycles. The summed E-state index contributed by atoms with van der Waals surface area (Å²) in [6, 6.07) is 13.3. The van der Waals surface area contributed by atoms with Crippen LogP contribution in [0.25, 0.3) is 0 Å². The van der Waals surface area contributed by atoms with Crippen molar-refractivity contribution in [2.24, 2.45) is 5.92 Å². The number of nitrogens with zero attached hydrogens (tertiary/aromatic N) is 2. The van der Waals surface area contributed by atoms with Crippen LogP contribution in [-0.2, 0) is 17.8 Å². The van der Waals surface area contributed by atoms with Crippen molar-refractivity contribution in [3.63, 3.8) is 0 Å². The van der Waals surface area contributed by atoms with Crippen LogP contribution in [0.4, 0.5) is 0 Å². The van der Waals surface area contributed by atoms with Crippen molar-refractivity contribution < 1.29 is 9.53 Å². The predicted molar refractivity (Wildman–Crippen MR) is 102 cm³/mol. The van der Waals surface area contributed by atoms with Gasteiger partial charge in [-0.3, -0.25) is 9.69 Å². The molecule has 0 radical (unpaired) electrons. The molecule has 2 aliphatic rings. The predicted octanol–water partition coefficient (Wildman–Crippen LogP) is 2.68. The third-order valence-corrected chi connectivity index (χ3v) is 5.31. The monoisotopic (exact) mass is 374 g/mol. The van der Waals surface area contributed by atoms with E-state index in [1.54, 1.807) is 12.1 Å². The van der Waals surface area contributed by atoms with Crippen LogP contribution >= 0.6 is 12.4 Å². The Bertz CT molecular complexity index is 864. The van der Waals surface area contributed by atoms with E-state index >= 15 is 0 Å². The number of carbonyl (C=O) groups excluding carboxylic acids is 1. The van der Waals surface area contributed by atoms with Gasteiger partial charge in [0.2, 0.25) is 0 Å². The number of fused-ring (bicyclic) bond motifs is 4. The summed E-state index contributed by atoms with van der Waals surface area (Å²) in [5, 5.41) is 0. The summed E-state index contributed by atoms with van der Waals surface area (Å²) in [4.78, 5) is 26.3. The molecular weight excluding hydrogens is 352 g/mol. The Morgan fingerprint density at radius 1 is 1.15 bits per heavy atom. The number of piperidine rings is 1. The fraction of sp³-hybridized carbons (Fsp3) is 0.400. The van der Waals surface area contributed by atoms with E-state index in [1.165, 1.54) is 7.11 Å². The molecule has 2 aromatic rings. The Labute approximate surface area is 159 Å². The number of methoxy groups -OCH3 is 1. The molecule has 4 rings (SSSR count). The lowest BCUT2D eigenvalue weighted by molar-refractivity contribution is 0.0600. The second kappa shape index (κ2) is 7.64. The van der Waals surface area contributed by atoms with E-state index in [-0.39, 0.29) is 23.9 Å². The van der Waals surface area contributed by atoms with Gasteiger partial charge in [-0.1, -0.05) is 18.2 Å². The molecule has 2 aliphatic heterocycles. The lowest BCUT2D eigenvalue weighted by Gasteiger charge is -2.42. The van der Waals surface area contributed by atoms with Crippen molar-refractivity contribution in [1.29, 1.82) is 0 Å². The quantitative estimate of drug-likeness (QED) is 0.775. The summed E-state index contributed by atoms with van der Waals surface area (Å²) >= 11 is 0. The number of rotatable bonds is 3. The number of pyridine rings is 1. The number of ether oxygens (including phenoxy) is 1.